The van der Waals surface area contributed by atoms with E-state index < -0.39 is 30.1 Å². The Labute approximate surface area is 203 Å². The topological polar surface area (TPSA) is 117 Å². The summed E-state index contributed by atoms with van der Waals surface area (Å²) in [5.74, 6) is -0.803. The monoisotopic (exact) mass is 644 g/mol. The molecule has 1 saturated heterocycles. The Morgan fingerprint density at radius 1 is 1.20 bits per heavy atom. The third-order valence-corrected chi connectivity index (χ3v) is 6.08. The molecule has 30 heavy (non-hydrogen) atoms. The molecule has 0 spiro atoms. The van der Waals surface area contributed by atoms with E-state index in [0.29, 0.717) is 19.6 Å². The van der Waals surface area contributed by atoms with Gasteiger partial charge in [0.25, 0.3) is 5.91 Å². The summed E-state index contributed by atoms with van der Waals surface area (Å²) < 4.78 is 11.3. The predicted octanol–water partition coefficient (Wildman–Crippen LogP) is 2.12. The summed E-state index contributed by atoms with van der Waals surface area (Å²) in [5.41, 5.74) is 0.796. The first-order chi connectivity index (χ1) is 14.1. The van der Waals surface area contributed by atoms with Gasteiger partial charge in [-0.3, -0.25) is 9.59 Å². The molecule has 10 heteroatoms. The first-order valence-corrected chi connectivity index (χ1v) is 11.9. The van der Waals surface area contributed by atoms with Crippen molar-refractivity contribution in [1.29, 1.82) is 0 Å². The summed E-state index contributed by atoms with van der Waals surface area (Å²) >= 11 is 4.04. The maximum Gasteiger partial charge on any atom is 0.338 e. The molecule has 0 unspecified atom stereocenters. The lowest BCUT2D eigenvalue weighted by Gasteiger charge is -2.19. The van der Waals surface area contributed by atoms with Gasteiger partial charge in [0.2, 0.25) is 5.91 Å². The van der Waals surface area contributed by atoms with Crippen LogP contribution in [0.15, 0.2) is 12.1 Å². The Balaban J connectivity index is 2.08. The van der Waals surface area contributed by atoms with E-state index in [1.54, 1.807) is 19.1 Å². The van der Waals surface area contributed by atoms with Crippen LogP contribution in [0.5, 0.6) is 5.75 Å². The van der Waals surface area contributed by atoms with Crippen LogP contribution < -0.4 is 10.6 Å². The van der Waals surface area contributed by atoms with Crippen LogP contribution in [0.4, 0.5) is 0 Å². The van der Waals surface area contributed by atoms with Crippen LogP contribution in [0.1, 0.15) is 32.8 Å². The predicted molar refractivity (Wildman–Crippen MR) is 127 cm³/mol. The van der Waals surface area contributed by atoms with Crippen LogP contribution in [0.3, 0.4) is 0 Å². The van der Waals surface area contributed by atoms with Gasteiger partial charge in [-0.2, -0.15) is 0 Å². The summed E-state index contributed by atoms with van der Waals surface area (Å²) in [6.45, 7) is 6.50. The Morgan fingerprint density at radius 2 is 1.83 bits per heavy atom. The van der Waals surface area contributed by atoms with E-state index in [1.807, 2.05) is 45.2 Å². The molecule has 1 heterocycles. The molecule has 166 valence electrons. The number of amides is 2. The number of aromatic hydroxyl groups is 1. The van der Waals surface area contributed by atoms with Crippen molar-refractivity contribution in [2.75, 3.05) is 13.2 Å². The van der Waals surface area contributed by atoms with Crippen LogP contribution in [-0.2, 0) is 30.3 Å². The Bertz CT molecular complexity index is 778. The Morgan fingerprint density at radius 3 is 2.40 bits per heavy atom. The van der Waals surface area contributed by atoms with Gasteiger partial charge in [0.1, 0.15) is 11.8 Å². The van der Waals surface area contributed by atoms with Crippen molar-refractivity contribution in [3.63, 3.8) is 0 Å². The highest BCUT2D eigenvalue weighted by Gasteiger charge is 2.52. The summed E-state index contributed by atoms with van der Waals surface area (Å²) in [5, 5.41) is 15.5. The zero-order valence-corrected chi connectivity index (χ0v) is 21.4. The summed E-state index contributed by atoms with van der Waals surface area (Å²) in [6.07, 6.45) is -0.819. The minimum absolute atomic E-state index is 0.186. The van der Waals surface area contributed by atoms with E-state index in [2.05, 4.69) is 24.5 Å². The van der Waals surface area contributed by atoms with Crippen molar-refractivity contribution >= 4 is 63.0 Å². The van der Waals surface area contributed by atoms with Crippen molar-refractivity contribution < 1.29 is 29.0 Å². The van der Waals surface area contributed by atoms with Gasteiger partial charge in [0.15, 0.2) is 12.2 Å². The molecule has 8 nitrogen and oxygen atoms in total. The summed E-state index contributed by atoms with van der Waals surface area (Å²) in [6, 6.07) is 2.70. The molecule has 2 amide bonds. The zero-order chi connectivity index (χ0) is 22.4. The fraction of sp³-hybridized carbons (Fsp3) is 0.550. The van der Waals surface area contributed by atoms with Crippen molar-refractivity contribution in [2.24, 2.45) is 5.92 Å². The molecule has 0 aromatic heterocycles. The average molecular weight is 644 g/mol. The fourth-order valence-corrected chi connectivity index (χ4v) is 4.65. The molecule has 0 aliphatic carbocycles. The number of halogens is 2. The van der Waals surface area contributed by atoms with Crippen LogP contribution in [0.2, 0.25) is 0 Å². The van der Waals surface area contributed by atoms with Crippen LogP contribution in [-0.4, -0.2) is 54.3 Å². The fourth-order valence-electron chi connectivity index (χ4n) is 2.76. The number of benzene rings is 1. The smallest absolute Gasteiger partial charge is 0.338 e. The largest absolute Gasteiger partial charge is 0.506 e. The lowest BCUT2D eigenvalue weighted by Crippen LogP contribution is -2.50. The third-order valence-electron chi connectivity index (χ3n) is 4.44. The van der Waals surface area contributed by atoms with Crippen LogP contribution >= 0.6 is 45.2 Å². The minimum atomic E-state index is -0.949. The van der Waals surface area contributed by atoms with Gasteiger partial charge in [0.05, 0.1) is 13.7 Å². The average Bonchev–Trinajstić information content (AvgIpc) is 3.46. The van der Waals surface area contributed by atoms with Crippen molar-refractivity contribution in [1.82, 2.24) is 10.6 Å². The first-order valence-electron chi connectivity index (χ1n) is 9.71. The number of carbonyl (C=O) groups excluding carboxylic acids is 3. The molecular weight excluding hydrogens is 618 g/mol. The second-order valence-corrected chi connectivity index (χ2v) is 9.70. The molecule has 1 fully saturated rings. The van der Waals surface area contributed by atoms with Crippen molar-refractivity contribution in [3.05, 3.63) is 24.8 Å². The minimum Gasteiger partial charge on any atom is -0.506 e. The second-order valence-electron chi connectivity index (χ2n) is 7.38. The molecule has 3 atom stereocenters. The van der Waals surface area contributed by atoms with Gasteiger partial charge in [-0.05, 0) is 82.1 Å². The number of ether oxygens (including phenoxy) is 2. The van der Waals surface area contributed by atoms with Gasteiger partial charge < -0.3 is 25.2 Å². The van der Waals surface area contributed by atoms with E-state index >= 15 is 0 Å². The second kappa shape index (κ2) is 11.5. The normalized spacial score (nSPS) is 18.6. The maximum atomic E-state index is 12.8. The molecule has 0 bridgehead atoms. The van der Waals surface area contributed by atoms with E-state index in [9.17, 15) is 19.5 Å². The van der Waals surface area contributed by atoms with Crippen LogP contribution in [0.25, 0.3) is 0 Å². The number of hydrogen-bond acceptors (Lipinski definition) is 6. The van der Waals surface area contributed by atoms with E-state index in [4.69, 9.17) is 9.47 Å². The van der Waals surface area contributed by atoms with E-state index in [-0.39, 0.29) is 24.7 Å². The Kier molecular flexibility index (Phi) is 9.60. The van der Waals surface area contributed by atoms with Gasteiger partial charge in [-0.1, -0.05) is 13.8 Å². The van der Waals surface area contributed by atoms with Gasteiger partial charge in [-0.25, -0.2) is 4.79 Å². The van der Waals surface area contributed by atoms with Gasteiger partial charge in [-0.15, -0.1) is 0 Å². The first kappa shape index (κ1) is 25.1. The Hall–Kier alpha value is -1.15. The third kappa shape index (κ3) is 7.22. The standard InChI is InChI=1S/C20H26I2N2O6/c1-4-29-20(28)17-16(30-17)19(27)24-14(18(26)23-6-5-10(2)3)9-11-7-12(21)15(25)13(22)8-11/h7-8,10,14,16-17,25H,4-6,9H2,1-3H3,(H,23,26)(H,24,27)/t14-,16-,17-/m0/s1. The van der Waals surface area contributed by atoms with Crippen LogP contribution in [0, 0.1) is 13.1 Å². The molecule has 1 aromatic rings. The van der Waals surface area contributed by atoms with Crippen molar-refractivity contribution in [3.8, 4) is 5.75 Å². The van der Waals surface area contributed by atoms with Gasteiger partial charge >= 0.3 is 5.97 Å². The lowest BCUT2D eigenvalue weighted by atomic mass is 10.0. The quantitative estimate of drug-likeness (QED) is 0.204. The number of esters is 1. The van der Waals surface area contributed by atoms with Crippen molar-refractivity contribution in [2.45, 2.75) is 51.9 Å². The highest BCUT2D eigenvalue weighted by molar-refractivity contribution is 14.1. The SMILES string of the molecule is CCOC(=O)[C@H]1O[C@@H]1C(=O)N[C@@H](Cc1cc(I)c(O)c(I)c1)C(=O)NCCC(C)C. The lowest BCUT2D eigenvalue weighted by molar-refractivity contribution is -0.144. The zero-order valence-electron chi connectivity index (χ0n) is 17.0. The highest BCUT2D eigenvalue weighted by Crippen LogP contribution is 2.28. The number of epoxide rings is 1. The van der Waals surface area contributed by atoms with E-state index in [1.165, 1.54) is 0 Å². The number of phenolic OH excluding ortho intramolecular Hbond substituents is 1. The molecule has 0 saturated carbocycles. The molecule has 0 radical (unpaired) electrons. The number of phenols is 1. The summed E-state index contributed by atoms with van der Waals surface area (Å²) in [4.78, 5) is 37.0. The summed E-state index contributed by atoms with van der Waals surface area (Å²) in [7, 11) is 0. The van der Waals surface area contributed by atoms with E-state index in [0.717, 1.165) is 12.0 Å². The molecule has 1 aromatic carbocycles. The highest BCUT2D eigenvalue weighted by atomic mass is 127. The molecular formula is C20H26I2N2O6. The number of rotatable bonds is 10. The molecule has 1 aliphatic rings. The molecule has 2 rings (SSSR count). The molecule has 1 aliphatic heterocycles. The maximum absolute atomic E-state index is 12.8. The number of carbonyl (C=O) groups is 3. The number of hydrogen-bond donors (Lipinski definition) is 3. The van der Waals surface area contributed by atoms with Gasteiger partial charge in [0, 0.05) is 13.0 Å². The number of nitrogens with one attached hydrogen (secondary N) is 2. The molecule has 3 N–H and O–H groups in total.